The van der Waals surface area contributed by atoms with Crippen LogP contribution >= 0.6 is 0 Å². The highest BCUT2D eigenvalue weighted by molar-refractivity contribution is 5.94. The number of methoxy groups -OCH3 is 2. The van der Waals surface area contributed by atoms with E-state index >= 15 is 0 Å². The maximum Gasteiger partial charge on any atom is 0.253 e. The molecule has 0 bridgehead atoms. The van der Waals surface area contributed by atoms with Crippen LogP contribution in [0.3, 0.4) is 0 Å². The summed E-state index contributed by atoms with van der Waals surface area (Å²) >= 11 is 0. The number of imidazole rings is 1. The van der Waals surface area contributed by atoms with Crippen LogP contribution in [0.5, 0.6) is 11.5 Å². The fourth-order valence-electron chi connectivity index (χ4n) is 3.12. The van der Waals surface area contributed by atoms with Gasteiger partial charge >= 0.3 is 0 Å². The fraction of sp³-hybridized carbons (Fsp3) is 0.200. The molecule has 1 N–H and O–H groups in total. The van der Waals surface area contributed by atoms with E-state index in [-0.39, 0.29) is 5.91 Å². The molecule has 0 aliphatic heterocycles. The van der Waals surface area contributed by atoms with Crippen molar-refractivity contribution in [2.75, 3.05) is 14.2 Å². The molecule has 9 heteroatoms. The molecule has 1 aromatic carbocycles. The number of fused-ring (bicyclic) bond motifs is 1. The minimum absolute atomic E-state index is 0.254. The van der Waals surface area contributed by atoms with Crippen LogP contribution in [0.4, 0.5) is 0 Å². The predicted octanol–water partition coefficient (Wildman–Crippen LogP) is 2.00. The molecule has 1 atom stereocenters. The summed E-state index contributed by atoms with van der Waals surface area (Å²) in [5, 5.41) is 10.9. The Bertz CT molecular complexity index is 1140. The third kappa shape index (κ3) is 3.62. The van der Waals surface area contributed by atoms with Crippen LogP contribution in [0.25, 0.3) is 5.65 Å². The maximum atomic E-state index is 13.0. The first-order valence-corrected chi connectivity index (χ1v) is 8.89. The second-order valence-corrected chi connectivity index (χ2v) is 6.46. The molecule has 0 saturated heterocycles. The van der Waals surface area contributed by atoms with Gasteiger partial charge in [0.25, 0.3) is 5.91 Å². The van der Waals surface area contributed by atoms with E-state index < -0.39 is 6.04 Å². The van der Waals surface area contributed by atoms with Gasteiger partial charge in [0.2, 0.25) is 0 Å². The van der Waals surface area contributed by atoms with Crippen LogP contribution in [0.1, 0.15) is 27.8 Å². The van der Waals surface area contributed by atoms with Crippen LogP contribution in [0, 0.1) is 0 Å². The molecule has 0 radical (unpaired) electrons. The molecule has 4 rings (SSSR count). The Kier molecular flexibility index (Phi) is 4.86. The zero-order valence-corrected chi connectivity index (χ0v) is 16.2. The van der Waals surface area contributed by atoms with Crippen molar-refractivity contribution in [3.05, 3.63) is 72.2 Å². The minimum atomic E-state index is -0.511. The zero-order chi connectivity index (χ0) is 20.4. The second-order valence-electron chi connectivity index (χ2n) is 6.46. The normalized spacial score (nSPS) is 12.0. The van der Waals surface area contributed by atoms with Crippen LogP contribution in [-0.2, 0) is 7.05 Å². The molecule has 0 spiro atoms. The molecule has 3 aromatic heterocycles. The number of aromatic nitrogens is 5. The lowest BCUT2D eigenvalue weighted by molar-refractivity contribution is 0.0940. The number of carbonyl (C=O) groups excluding carboxylic acids is 1. The lowest BCUT2D eigenvalue weighted by Gasteiger charge is -2.20. The first-order valence-electron chi connectivity index (χ1n) is 8.89. The Morgan fingerprint density at radius 3 is 2.55 bits per heavy atom. The number of benzene rings is 1. The number of hydrogen-bond donors (Lipinski definition) is 1. The molecule has 29 heavy (non-hydrogen) atoms. The van der Waals surface area contributed by atoms with Crippen LogP contribution in [0.15, 0.2) is 55.2 Å². The van der Waals surface area contributed by atoms with E-state index in [1.807, 2.05) is 29.9 Å². The first-order chi connectivity index (χ1) is 14.1. The molecule has 3 heterocycles. The maximum absolute atomic E-state index is 13.0. The lowest BCUT2D eigenvalue weighted by Crippen LogP contribution is -2.31. The Morgan fingerprint density at radius 1 is 1.14 bits per heavy atom. The van der Waals surface area contributed by atoms with Gasteiger partial charge in [-0.3, -0.25) is 9.20 Å². The number of aryl methyl sites for hydroxylation is 1. The molecule has 1 amide bonds. The van der Waals surface area contributed by atoms with Gasteiger partial charge in [-0.15, -0.1) is 10.2 Å². The lowest BCUT2D eigenvalue weighted by atomic mass is 10.0. The number of hydrogen-bond acceptors (Lipinski definition) is 6. The van der Waals surface area contributed by atoms with E-state index in [0.29, 0.717) is 28.5 Å². The van der Waals surface area contributed by atoms with Crippen molar-refractivity contribution in [2.45, 2.75) is 6.04 Å². The Morgan fingerprint density at radius 2 is 1.90 bits per heavy atom. The number of ether oxygens (including phenoxy) is 2. The standard InChI is InChI=1S/C20H20N6O3/c1-25-7-6-21-19(25)18(14-8-15(28-2)10-16(9-14)29-3)23-20(27)13-4-5-17-24-22-12-26(17)11-13/h4-12,18H,1-3H3,(H,23,27). The molecule has 0 aliphatic carbocycles. The summed E-state index contributed by atoms with van der Waals surface area (Å²) < 4.78 is 14.3. The summed E-state index contributed by atoms with van der Waals surface area (Å²) in [5.41, 5.74) is 1.93. The van der Waals surface area contributed by atoms with Crippen molar-refractivity contribution < 1.29 is 14.3 Å². The molecule has 9 nitrogen and oxygen atoms in total. The third-order valence-electron chi connectivity index (χ3n) is 4.65. The zero-order valence-electron chi connectivity index (χ0n) is 16.2. The van der Waals surface area contributed by atoms with E-state index in [1.54, 1.807) is 55.5 Å². The number of amides is 1. The van der Waals surface area contributed by atoms with Crippen molar-refractivity contribution in [1.29, 1.82) is 0 Å². The Balaban J connectivity index is 1.73. The number of rotatable bonds is 6. The van der Waals surface area contributed by atoms with Gasteiger partial charge in [0.1, 0.15) is 29.7 Å². The summed E-state index contributed by atoms with van der Waals surface area (Å²) in [6, 6.07) is 8.42. The fourth-order valence-corrected chi connectivity index (χ4v) is 3.12. The highest BCUT2D eigenvalue weighted by Gasteiger charge is 2.23. The smallest absolute Gasteiger partial charge is 0.253 e. The van der Waals surface area contributed by atoms with Gasteiger partial charge in [-0.2, -0.15) is 0 Å². The Labute approximate surface area is 166 Å². The van der Waals surface area contributed by atoms with Gasteiger partial charge in [-0.05, 0) is 29.8 Å². The third-order valence-corrected chi connectivity index (χ3v) is 4.65. The molecule has 148 valence electrons. The van der Waals surface area contributed by atoms with Crippen LogP contribution < -0.4 is 14.8 Å². The van der Waals surface area contributed by atoms with Crippen LogP contribution in [0.2, 0.25) is 0 Å². The number of nitrogens with one attached hydrogen (secondary N) is 1. The molecular weight excluding hydrogens is 372 g/mol. The summed E-state index contributed by atoms with van der Waals surface area (Å²) in [7, 11) is 5.05. The van der Waals surface area contributed by atoms with E-state index in [1.165, 1.54) is 0 Å². The summed E-state index contributed by atoms with van der Waals surface area (Å²) in [4.78, 5) is 17.5. The summed E-state index contributed by atoms with van der Waals surface area (Å²) in [5.74, 6) is 1.67. The summed E-state index contributed by atoms with van der Waals surface area (Å²) in [6.07, 6.45) is 6.76. The van der Waals surface area contributed by atoms with E-state index in [0.717, 1.165) is 5.56 Å². The molecule has 4 aromatic rings. The van der Waals surface area contributed by atoms with E-state index in [2.05, 4.69) is 20.5 Å². The highest BCUT2D eigenvalue weighted by atomic mass is 16.5. The highest BCUT2D eigenvalue weighted by Crippen LogP contribution is 2.29. The van der Waals surface area contributed by atoms with Crippen LogP contribution in [-0.4, -0.2) is 44.3 Å². The Hall–Kier alpha value is -3.88. The SMILES string of the molecule is COc1cc(OC)cc(C(NC(=O)c2ccc3nncn3c2)c2nccn2C)c1. The monoisotopic (exact) mass is 392 g/mol. The van der Waals surface area contributed by atoms with Gasteiger partial charge < -0.3 is 19.4 Å². The number of carbonyl (C=O) groups is 1. The van der Waals surface area contributed by atoms with Crippen molar-refractivity contribution >= 4 is 11.6 Å². The predicted molar refractivity (Wildman–Crippen MR) is 105 cm³/mol. The molecule has 0 fully saturated rings. The second kappa shape index (κ2) is 7.63. The number of pyridine rings is 1. The molecular formula is C20H20N6O3. The topological polar surface area (TPSA) is 95.6 Å². The largest absolute Gasteiger partial charge is 0.497 e. The molecule has 0 aliphatic rings. The molecule has 0 saturated carbocycles. The van der Waals surface area contributed by atoms with Gasteiger partial charge in [-0.1, -0.05) is 0 Å². The van der Waals surface area contributed by atoms with Gasteiger partial charge in [0, 0.05) is 31.7 Å². The van der Waals surface area contributed by atoms with Crippen molar-refractivity contribution in [3.63, 3.8) is 0 Å². The van der Waals surface area contributed by atoms with E-state index in [4.69, 9.17) is 9.47 Å². The summed E-state index contributed by atoms with van der Waals surface area (Å²) in [6.45, 7) is 0. The quantitative estimate of drug-likeness (QED) is 0.539. The van der Waals surface area contributed by atoms with Crippen molar-refractivity contribution in [3.8, 4) is 11.5 Å². The first kappa shape index (κ1) is 18.5. The van der Waals surface area contributed by atoms with E-state index in [9.17, 15) is 4.79 Å². The van der Waals surface area contributed by atoms with Gasteiger partial charge in [-0.25, -0.2) is 4.98 Å². The number of nitrogens with zero attached hydrogens (tertiary/aromatic N) is 5. The minimum Gasteiger partial charge on any atom is -0.497 e. The van der Waals surface area contributed by atoms with Gasteiger partial charge in [0.15, 0.2) is 5.65 Å². The average molecular weight is 392 g/mol. The average Bonchev–Trinajstić information content (AvgIpc) is 3.39. The van der Waals surface area contributed by atoms with Crippen molar-refractivity contribution in [1.82, 2.24) is 29.5 Å². The van der Waals surface area contributed by atoms with Crippen molar-refractivity contribution in [2.24, 2.45) is 7.05 Å². The van der Waals surface area contributed by atoms with Gasteiger partial charge in [0.05, 0.1) is 19.8 Å². The molecule has 1 unspecified atom stereocenters.